The van der Waals surface area contributed by atoms with Crippen LogP contribution in [0.4, 0.5) is 5.69 Å². The molecule has 0 aliphatic carbocycles. The van der Waals surface area contributed by atoms with Crippen LogP contribution >= 0.6 is 11.6 Å². The number of anilines is 1. The lowest BCUT2D eigenvalue weighted by Crippen LogP contribution is -2.28. The van der Waals surface area contributed by atoms with Gasteiger partial charge in [0.05, 0.1) is 21.9 Å². The van der Waals surface area contributed by atoms with Crippen molar-refractivity contribution < 1.29 is 0 Å². The molecule has 1 aromatic heterocycles. The summed E-state index contributed by atoms with van der Waals surface area (Å²) in [5, 5.41) is 3.79. The minimum atomic E-state index is -0.405. The minimum absolute atomic E-state index is 0.405. The summed E-state index contributed by atoms with van der Waals surface area (Å²) in [7, 11) is 0. The number of rotatable bonds is 2. The van der Waals surface area contributed by atoms with Gasteiger partial charge in [-0.1, -0.05) is 17.5 Å². The van der Waals surface area contributed by atoms with Crippen molar-refractivity contribution in [2.75, 3.05) is 5.32 Å². The van der Waals surface area contributed by atoms with Crippen molar-refractivity contribution in [2.24, 2.45) is 0 Å². The maximum absolute atomic E-state index is 6.06. The Morgan fingerprint density at radius 2 is 2.21 bits per heavy atom. The zero-order chi connectivity index (χ0) is 10.8. The van der Waals surface area contributed by atoms with Crippen LogP contribution in [0.3, 0.4) is 0 Å². The standard InChI is InChI=1S/C11H13ClN2/c1-5-11(3,4)14-9-6-7-13-8(2)10(9)12/h1,6-7H,2-4H3,(H,13,14). The Bertz CT molecular complexity index is 377. The van der Waals surface area contributed by atoms with Crippen molar-refractivity contribution in [1.82, 2.24) is 4.98 Å². The van der Waals surface area contributed by atoms with E-state index in [9.17, 15) is 0 Å². The second-order valence-corrected chi connectivity index (χ2v) is 4.03. The maximum atomic E-state index is 6.06. The molecule has 74 valence electrons. The summed E-state index contributed by atoms with van der Waals surface area (Å²) in [5.74, 6) is 2.65. The Morgan fingerprint density at radius 3 is 2.79 bits per heavy atom. The van der Waals surface area contributed by atoms with Gasteiger partial charge in [0.25, 0.3) is 0 Å². The molecule has 0 unspecified atom stereocenters. The third kappa shape index (κ3) is 2.40. The molecule has 0 radical (unpaired) electrons. The molecule has 0 amide bonds. The number of aryl methyl sites for hydroxylation is 1. The van der Waals surface area contributed by atoms with Crippen LogP contribution in [0.15, 0.2) is 12.3 Å². The number of nitrogens with one attached hydrogen (secondary N) is 1. The molecule has 1 N–H and O–H groups in total. The normalized spacial score (nSPS) is 10.8. The van der Waals surface area contributed by atoms with Gasteiger partial charge < -0.3 is 5.32 Å². The van der Waals surface area contributed by atoms with Gasteiger partial charge in [-0.05, 0) is 26.8 Å². The number of hydrogen-bond acceptors (Lipinski definition) is 2. The Balaban J connectivity index is 3.00. The monoisotopic (exact) mass is 208 g/mol. The smallest absolute Gasteiger partial charge is 0.0927 e. The van der Waals surface area contributed by atoms with Gasteiger partial charge in [-0.2, -0.15) is 0 Å². The Morgan fingerprint density at radius 1 is 1.57 bits per heavy atom. The van der Waals surface area contributed by atoms with Gasteiger partial charge in [-0.15, -0.1) is 6.42 Å². The molecular weight excluding hydrogens is 196 g/mol. The van der Waals surface area contributed by atoms with Crippen molar-refractivity contribution in [3.8, 4) is 12.3 Å². The Kier molecular flexibility index (Phi) is 3.03. The average Bonchev–Trinajstić information content (AvgIpc) is 2.13. The lowest BCUT2D eigenvalue weighted by atomic mass is 10.1. The lowest BCUT2D eigenvalue weighted by molar-refractivity contribution is 0.741. The second-order valence-electron chi connectivity index (χ2n) is 3.65. The summed E-state index contributed by atoms with van der Waals surface area (Å²) in [4.78, 5) is 4.07. The second kappa shape index (κ2) is 3.89. The topological polar surface area (TPSA) is 24.9 Å². The van der Waals surface area contributed by atoms with E-state index in [1.807, 2.05) is 26.8 Å². The molecule has 0 atom stereocenters. The molecule has 0 spiro atoms. The molecule has 1 heterocycles. The van der Waals surface area contributed by atoms with E-state index in [1.165, 1.54) is 0 Å². The molecule has 2 nitrogen and oxygen atoms in total. The van der Waals surface area contributed by atoms with Crippen LogP contribution in [0.25, 0.3) is 0 Å². The SMILES string of the molecule is C#CC(C)(C)Nc1ccnc(C)c1Cl. The van der Waals surface area contributed by atoms with E-state index in [-0.39, 0.29) is 0 Å². The first-order valence-corrected chi connectivity index (χ1v) is 4.71. The minimum Gasteiger partial charge on any atom is -0.368 e. The van der Waals surface area contributed by atoms with Crippen LogP contribution in [-0.4, -0.2) is 10.5 Å². The van der Waals surface area contributed by atoms with Crippen LogP contribution in [0.2, 0.25) is 5.02 Å². The quantitative estimate of drug-likeness (QED) is 0.757. The number of nitrogens with zero attached hydrogens (tertiary/aromatic N) is 1. The van der Waals surface area contributed by atoms with Gasteiger partial charge in [0, 0.05) is 6.20 Å². The molecular formula is C11H13ClN2. The van der Waals surface area contributed by atoms with Gasteiger partial charge in [0.2, 0.25) is 0 Å². The van der Waals surface area contributed by atoms with Crippen LogP contribution in [0.1, 0.15) is 19.5 Å². The summed E-state index contributed by atoms with van der Waals surface area (Å²) >= 11 is 6.06. The van der Waals surface area contributed by atoms with Gasteiger partial charge in [0.15, 0.2) is 0 Å². The molecule has 1 rings (SSSR count). The van der Waals surface area contributed by atoms with Crippen LogP contribution < -0.4 is 5.32 Å². The zero-order valence-electron chi connectivity index (χ0n) is 8.56. The van der Waals surface area contributed by atoms with E-state index in [0.717, 1.165) is 11.4 Å². The number of hydrogen-bond donors (Lipinski definition) is 1. The summed E-state index contributed by atoms with van der Waals surface area (Å²) in [6.07, 6.45) is 7.08. The van der Waals surface area contributed by atoms with Crippen LogP contribution in [0.5, 0.6) is 0 Å². The molecule has 0 aliphatic heterocycles. The summed E-state index contributed by atoms with van der Waals surface area (Å²) in [6.45, 7) is 5.69. The zero-order valence-corrected chi connectivity index (χ0v) is 9.31. The fourth-order valence-corrected chi connectivity index (χ4v) is 1.18. The maximum Gasteiger partial charge on any atom is 0.0927 e. The molecule has 14 heavy (non-hydrogen) atoms. The summed E-state index contributed by atoms with van der Waals surface area (Å²) < 4.78 is 0. The van der Waals surface area contributed by atoms with Crippen molar-refractivity contribution in [1.29, 1.82) is 0 Å². The highest BCUT2D eigenvalue weighted by Gasteiger charge is 2.15. The predicted molar refractivity (Wildman–Crippen MR) is 60.5 cm³/mol. The van der Waals surface area contributed by atoms with Gasteiger partial charge >= 0.3 is 0 Å². The van der Waals surface area contributed by atoms with Crippen molar-refractivity contribution >= 4 is 17.3 Å². The van der Waals surface area contributed by atoms with E-state index in [0.29, 0.717) is 5.02 Å². The Hall–Kier alpha value is -1.20. The van der Waals surface area contributed by atoms with Crippen LogP contribution in [0, 0.1) is 19.3 Å². The molecule has 0 aliphatic rings. The highest BCUT2D eigenvalue weighted by Crippen LogP contribution is 2.25. The molecule has 0 fully saturated rings. The predicted octanol–water partition coefficient (Wildman–Crippen LogP) is 2.87. The number of halogens is 1. The molecule has 0 saturated heterocycles. The number of aromatic nitrogens is 1. The van der Waals surface area contributed by atoms with E-state index >= 15 is 0 Å². The fourth-order valence-electron chi connectivity index (χ4n) is 1.02. The van der Waals surface area contributed by atoms with Gasteiger partial charge in [-0.3, -0.25) is 4.98 Å². The van der Waals surface area contributed by atoms with Crippen molar-refractivity contribution in [3.63, 3.8) is 0 Å². The first kappa shape index (κ1) is 10.9. The van der Waals surface area contributed by atoms with Gasteiger partial charge in [0.1, 0.15) is 0 Å². The Labute approximate surface area is 89.7 Å². The van der Waals surface area contributed by atoms with Crippen molar-refractivity contribution in [2.45, 2.75) is 26.3 Å². The summed E-state index contributed by atoms with van der Waals surface area (Å²) in [6, 6.07) is 1.81. The molecule has 1 aromatic rings. The molecule has 0 saturated carbocycles. The summed E-state index contributed by atoms with van der Waals surface area (Å²) in [5.41, 5.74) is 1.21. The number of terminal acetylenes is 1. The third-order valence-corrected chi connectivity index (χ3v) is 2.35. The first-order valence-electron chi connectivity index (χ1n) is 4.33. The average molecular weight is 209 g/mol. The molecule has 3 heteroatoms. The third-order valence-electron chi connectivity index (χ3n) is 1.87. The number of pyridine rings is 1. The largest absolute Gasteiger partial charge is 0.368 e. The highest BCUT2D eigenvalue weighted by molar-refractivity contribution is 6.33. The first-order chi connectivity index (χ1) is 6.46. The van der Waals surface area contributed by atoms with E-state index in [4.69, 9.17) is 18.0 Å². The van der Waals surface area contributed by atoms with E-state index < -0.39 is 5.54 Å². The van der Waals surface area contributed by atoms with E-state index in [1.54, 1.807) is 6.20 Å². The van der Waals surface area contributed by atoms with E-state index in [2.05, 4.69) is 16.2 Å². The van der Waals surface area contributed by atoms with Crippen molar-refractivity contribution in [3.05, 3.63) is 23.0 Å². The molecule has 0 bridgehead atoms. The highest BCUT2D eigenvalue weighted by atomic mass is 35.5. The van der Waals surface area contributed by atoms with Crippen LogP contribution in [-0.2, 0) is 0 Å². The lowest BCUT2D eigenvalue weighted by Gasteiger charge is -2.22. The fraction of sp³-hybridized carbons (Fsp3) is 0.364. The van der Waals surface area contributed by atoms with Gasteiger partial charge in [-0.25, -0.2) is 0 Å². The molecule has 0 aromatic carbocycles.